The Morgan fingerprint density at radius 3 is 2.67 bits per heavy atom. The van der Waals surface area contributed by atoms with E-state index in [-0.39, 0.29) is 17.6 Å². The van der Waals surface area contributed by atoms with Gasteiger partial charge in [-0.3, -0.25) is 4.79 Å². The number of carbonyl (C=O) groups is 1. The monoisotopic (exact) mass is 299 g/mol. The van der Waals surface area contributed by atoms with Crippen LogP contribution in [0.3, 0.4) is 0 Å². The van der Waals surface area contributed by atoms with E-state index in [1.807, 2.05) is 36.4 Å². The molecule has 0 N–H and O–H groups in total. The molecule has 1 aromatic carbocycles. The maximum Gasteiger partial charge on any atom is 0.255 e. The first-order valence-corrected chi connectivity index (χ1v) is 6.82. The lowest BCUT2D eigenvalue weighted by atomic mass is 10.1. The number of pyridine rings is 1. The number of amides is 1. The number of hydrogen-bond acceptors (Lipinski definition) is 3. The first kappa shape index (κ1) is 15.0. The van der Waals surface area contributed by atoms with Crippen LogP contribution in [0.25, 0.3) is 0 Å². The summed E-state index contributed by atoms with van der Waals surface area (Å²) in [6.45, 7) is 2.17. The zero-order valence-electron chi connectivity index (χ0n) is 11.6. The minimum Gasteiger partial charge on any atom is -0.321 e. The molecule has 0 aliphatic heterocycles. The topological polar surface area (TPSA) is 57.0 Å². The van der Waals surface area contributed by atoms with Crippen molar-refractivity contribution in [3.63, 3.8) is 0 Å². The van der Waals surface area contributed by atoms with Crippen molar-refractivity contribution in [2.75, 3.05) is 6.54 Å². The number of hydrogen-bond donors (Lipinski definition) is 0. The van der Waals surface area contributed by atoms with Crippen LogP contribution >= 0.6 is 11.6 Å². The number of aryl methyl sites for hydroxylation is 1. The number of aromatic nitrogens is 1. The molecule has 0 saturated carbocycles. The Morgan fingerprint density at radius 1 is 1.33 bits per heavy atom. The first-order chi connectivity index (χ1) is 10.1. The molecule has 1 amide bonds. The maximum absolute atomic E-state index is 12.5. The molecule has 0 atom stereocenters. The molecular weight excluding hydrogens is 286 g/mol. The molecule has 0 spiro atoms. The van der Waals surface area contributed by atoms with Gasteiger partial charge in [0, 0.05) is 17.8 Å². The van der Waals surface area contributed by atoms with Crippen molar-refractivity contribution in [3.8, 4) is 6.07 Å². The molecule has 2 rings (SSSR count). The average molecular weight is 300 g/mol. The van der Waals surface area contributed by atoms with Crippen molar-refractivity contribution in [3.05, 3.63) is 64.4 Å². The SMILES string of the molecule is Cc1cc(C(=O)N(CC#N)Cc2ccccc2)cc(Cl)n1. The Hall–Kier alpha value is -2.38. The predicted octanol–water partition coefficient (Wildman–Crippen LogP) is 3.21. The van der Waals surface area contributed by atoms with Gasteiger partial charge < -0.3 is 4.90 Å². The lowest BCUT2D eigenvalue weighted by Gasteiger charge is -2.20. The first-order valence-electron chi connectivity index (χ1n) is 6.44. The Labute approximate surface area is 128 Å². The van der Waals surface area contributed by atoms with Crippen LogP contribution in [0.1, 0.15) is 21.6 Å². The second-order valence-corrected chi connectivity index (χ2v) is 5.01. The standard InChI is InChI=1S/C16H14ClN3O/c1-12-9-14(10-15(17)19-12)16(21)20(8-7-18)11-13-5-3-2-4-6-13/h2-6,9-10H,8,11H2,1H3. The van der Waals surface area contributed by atoms with Gasteiger partial charge in [-0.15, -0.1) is 0 Å². The van der Waals surface area contributed by atoms with Crippen LogP contribution in [-0.2, 0) is 6.54 Å². The molecule has 1 heterocycles. The molecule has 4 nitrogen and oxygen atoms in total. The predicted molar refractivity (Wildman–Crippen MR) is 80.8 cm³/mol. The Balaban J connectivity index is 2.25. The van der Waals surface area contributed by atoms with E-state index in [9.17, 15) is 4.79 Å². The third kappa shape index (κ3) is 4.04. The average Bonchev–Trinajstić information content (AvgIpc) is 2.46. The highest BCUT2D eigenvalue weighted by atomic mass is 35.5. The molecule has 0 radical (unpaired) electrons. The van der Waals surface area contributed by atoms with Gasteiger partial charge in [0.1, 0.15) is 11.7 Å². The number of benzene rings is 1. The van der Waals surface area contributed by atoms with Crippen LogP contribution in [0.15, 0.2) is 42.5 Å². The number of halogens is 1. The third-order valence-electron chi connectivity index (χ3n) is 2.93. The van der Waals surface area contributed by atoms with E-state index < -0.39 is 0 Å². The minimum absolute atomic E-state index is 0.0206. The minimum atomic E-state index is -0.229. The number of nitriles is 1. The summed E-state index contributed by atoms with van der Waals surface area (Å²) in [4.78, 5) is 18.1. The molecule has 0 fully saturated rings. The van der Waals surface area contributed by atoms with Gasteiger partial charge in [-0.1, -0.05) is 41.9 Å². The highest BCUT2D eigenvalue weighted by molar-refractivity contribution is 6.29. The zero-order valence-corrected chi connectivity index (χ0v) is 12.3. The van der Waals surface area contributed by atoms with Crippen LogP contribution in [-0.4, -0.2) is 22.3 Å². The summed E-state index contributed by atoms with van der Waals surface area (Å²) >= 11 is 5.89. The fourth-order valence-electron chi connectivity index (χ4n) is 2.02. The molecule has 21 heavy (non-hydrogen) atoms. The summed E-state index contributed by atoms with van der Waals surface area (Å²) in [6.07, 6.45) is 0. The summed E-state index contributed by atoms with van der Waals surface area (Å²) in [7, 11) is 0. The molecule has 0 aliphatic carbocycles. The van der Waals surface area contributed by atoms with Crippen LogP contribution in [0.4, 0.5) is 0 Å². The molecule has 0 unspecified atom stereocenters. The fourth-order valence-corrected chi connectivity index (χ4v) is 2.27. The van der Waals surface area contributed by atoms with E-state index in [1.165, 1.54) is 11.0 Å². The smallest absolute Gasteiger partial charge is 0.255 e. The van der Waals surface area contributed by atoms with Gasteiger partial charge in [0.25, 0.3) is 5.91 Å². The van der Waals surface area contributed by atoms with Gasteiger partial charge in [-0.25, -0.2) is 4.98 Å². The normalized spacial score (nSPS) is 9.95. The van der Waals surface area contributed by atoms with Gasteiger partial charge >= 0.3 is 0 Å². The third-order valence-corrected chi connectivity index (χ3v) is 3.13. The number of rotatable bonds is 4. The van der Waals surface area contributed by atoms with Crippen LogP contribution in [0.5, 0.6) is 0 Å². The molecule has 1 aromatic heterocycles. The zero-order chi connectivity index (χ0) is 15.2. The summed E-state index contributed by atoms with van der Waals surface area (Å²) in [5.74, 6) is -0.229. The van der Waals surface area contributed by atoms with E-state index in [4.69, 9.17) is 16.9 Å². The molecule has 106 valence electrons. The molecule has 0 saturated heterocycles. The maximum atomic E-state index is 12.5. The largest absolute Gasteiger partial charge is 0.321 e. The molecular formula is C16H14ClN3O. The van der Waals surface area contributed by atoms with E-state index in [0.29, 0.717) is 17.8 Å². The molecule has 0 bridgehead atoms. The van der Waals surface area contributed by atoms with Crippen molar-refractivity contribution in [2.24, 2.45) is 0 Å². The molecule has 0 aliphatic rings. The van der Waals surface area contributed by atoms with E-state index >= 15 is 0 Å². The van der Waals surface area contributed by atoms with Gasteiger partial charge in [-0.2, -0.15) is 5.26 Å². The van der Waals surface area contributed by atoms with Gasteiger partial charge in [0.05, 0.1) is 6.07 Å². The quantitative estimate of drug-likeness (QED) is 0.643. The number of carbonyl (C=O) groups excluding carboxylic acids is 1. The van der Waals surface area contributed by atoms with Crippen molar-refractivity contribution < 1.29 is 4.79 Å². The van der Waals surface area contributed by atoms with Gasteiger partial charge in [0.2, 0.25) is 0 Å². The van der Waals surface area contributed by atoms with Crippen molar-refractivity contribution in [1.82, 2.24) is 9.88 Å². The fraction of sp³-hybridized carbons (Fsp3) is 0.188. The Morgan fingerprint density at radius 2 is 2.05 bits per heavy atom. The van der Waals surface area contributed by atoms with E-state index in [0.717, 1.165) is 5.56 Å². The summed E-state index contributed by atoms with van der Waals surface area (Å²) in [5, 5.41) is 9.21. The van der Waals surface area contributed by atoms with Gasteiger partial charge in [-0.05, 0) is 24.6 Å². The summed E-state index contributed by atoms with van der Waals surface area (Å²) in [5.41, 5.74) is 2.08. The molecule has 2 aromatic rings. The second-order valence-electron chi connectivity index (χ2n) is 4.62. The van der Waals surface area contributed by atoms with Crippen molar-refractivity contribution >= 4 is 17.5 Å². The van der Waals surface area contributed by atoms with Crippen LogP contribution < -0.4 is 0 Å². The van der Waals surface area contributed by atoms with Gasteiger partial charge in [0.15, 0.2) is 0 Å². The highest BCUT2D eigenvalue weighted by Gasteiger charge is 2.17. The number of nitrogens with zero attached hydrogens (tertiary/aromatic N) is 3. The van der Waals surface area contributed by atoms with Crippen LogP contribution in [0, 0.1) is 18.3 Å². The highest BCUT2D eigenvalue weighted by Crippen LogP contribution is 2.14. The van der Waals surface area contributed by atoms with E-state index in [1.54, 1.807) is 13.0 Å². The lowest BCUT2D eigenvalue weighted by molar-refractivity contribution is 0.0764. The second kappa shape index (κ2) is 6.87. The van der Waals surface area contributed by atoms with Crippen molar-refractivity contribution in [2.45, 2.75) is 13.5 Å². The lowest BCUT2D eigenvalue weighted by Crippen LogP contribution is -2.31. The van der Waals surface area contributed by atoms with Crippen molar-refractivity contribution in [1.29, 1.82) is 5.26 Å². The Bertz CT molecular complexity index is 659. The van der Waals surface area contributed by atoms with E-state index in [2.05, 4.69) is 4.98 Å². The summed E-state index contributed by atoms with van der Waals surface area (Å²) < 4.78 is 0. The Kier molecular flexibility index (Phi) is 4.91. The molecule has 5 heteroatoms. The van der Waals surface area contributed by atoms with Crippen LogP contribution in [0.2, 0.25) is 5.15 Å². The summed E-state index contributed by atoms with van der Waals surface area (Å²) in [6, 6.07) is 14.8.